The SMILES string of the molecule is C=CCC1=C(/C(=C\N)Nc2ccc(F)c(C)c2)C=C1.CC. The number of nitrogens with one attached hydrogen (secondary N) is 1. The monoisotopic (exact) mass is 286 g/mol. The van der Waals surface area contributed by atoms with Gasteiger partial charge < -0.3 is 11.1 Å². The van der Waals surface area contributed by atoms with E-state index in [4.69, 9.17) is 5.73 Å². The first-order chi connectivity index (χ1) is 10.2. The van der Waals surface area contributed by atoms with Gasteiger partial charge in [-0.05, 0) is 42.7 Å². The van der Waals surface area contributed by atoms with Crippen LogP contribution in [0, 0.1) is 12.7 Å². The number of allylic oxidation sites excluding steroid dienone is 4. The summed E-state index contributed by atoms with van der Waals surface area (Å²) in [5.41, 5.74) is 10.2. The van der Waals surface area contributed by atoms with E-state index in [0.717, 1.165) is 23.4 Å². The third-order valence-corrected chi connectivity index (χ3v) is 3.06. The first kappa shape index (κ1) is 16.8. The Balaban J connectivity index is 0.00000106. The van der Waals surface area contributed by atoms with Crippen molar-refractivity contribution in [1.82, 2.24) is 0 Å². The van der Waals surface area contributed by atoms with Crippen LogP contribution < -0.4 is 11.1 Å². The van der Waals surface area contributed by atoms with Crippen LogP contribution in [0.1, 0.15) is 25.8 Å². The minimum Gasteiger partial charge on any atom is -0.403 e. The van der Waals surface area contributed by atoms with Crippen molar-refractivity contribution < 1.29 is 4.39 Å². The van der Waals surface area contributed by atoms with Crippen LogP contribution in [0.25, 0.3) is 0 Å². The largest absolute Gasteiger partial charge is 0.403 e. The Bertz CT molecular complexity index is 595. The van der Waals surface area contributed by atoms with Gasteiger partial charge in [0.05, 0.1) is 5.70 Å². The molecule has 0 fully saturated rings. The van der Waals surface area contributed by atoms with E-state index < -0.39 is 0 Å². The second-order valence-corrected chi connectivity index (χ2v) is 4.43. The van der Waals surface area contributed by atoms with Crippen molar-refractivity contribution in [2.45, 2.75) is 27.2 Å². The average Bonchev–Trinajstić information content (AvgIpc) is 2.48. The summed E-state index contributed by atoms with van der Waals surface area (Å²) in [5, 5.41) is 3.21. The summed E-state index contributed by atoms with van der Waals surface area (Å²) in [6, 6.07) is 4.90. The zero-order valence-electron chi connectivity index (χ0n) is 12.9. The molecule has 1 aliphatic carbocycles. The fourth-order valence-corrected chi connectivity index (χ4v) is 1.96. The van der Waals surface area contributed by atoms with Crippen molar-refractivity contribution in [3.05, 3.63) is 77.4 Å². The van der Waals surface area contributed by atoms with Crippen molar-refractivity contribution in [3.63, 3.8) is 0 Å². The smallest absolute Gasteiger partial charge is 0.126 e. The maximum absolute atomic E-state index is 13.2. The zero-order chi connectivity index (χ0) is 15.8. The Morgan fingerprint density at radius 2 is 2.05 bits per heavy atom. The lowest BCUT2D eigenvalue weighted by Gasteiger charge is -2.20. The number of aryl methyl sites for hydroxylation is 1. The molecule has 0 bridgehead atoms. The van der Waals surface area contributed by atoms with Crippen molar-refractivity contribution in [1.29, 1.82) is 0 Å². The van der Waals surface area contributed by atoms with Crippen molar-refractivity contribution in [2.24, 2.45) is 5.73 Å². The van der Waals surface area contributed by atoms with Gasteiger partial charge >= 0.3 is 0 Å². The van der Waals surface area contributed by atoms with Crippen LogP contribution in [0.2, 0.25) is 0 Å². The lowest BCUT2D eigenvalue weighted by Crippen LogP contribution is -2.09. The number of halogens is 1. The normalized spacial score (nSPS) is 13.2. The molecule has 0 spiro atoms. The fourth-order valence-electron chi connectivity index (χ4n) is 1.96. The van der Waals surface area contributed by atoms with Crippen LogP contribution in [-0.2, 0) is 0 Å². The highest BCUT2D eigenvalue weighted by Crippen LogP contribution is 2.29. The van der Waals surface area contributed by atoms with Crippen LogP contribution in [0.4, 0.5) is 10.1 Å². The predicted octanol–water partition coefficient (Wildman–Crippen LogP) is 4.81. The molecule has 1 aromatic rings. The van der Waals surface area contributed by atoms with Gasteiger partial charge in [0.1, 0.15) is 5.82 Å². The van der Waals surface area contributed by atoms with Gasteiger partial charge in [0.15, 0.2) is 0 Å². The van der Waals surface area contributed by atoms with E-state index in [1.165, 1.54) is 17.8 Å². The van der Waals surface area contributed by atoms with Gasteiger partial charge in [-0.1, -0.05) is 32.1 Å². The molecule has 1 aliphatic rings. The maximum Gasteiger partial charge on any atom is 0.126 e. The highest BCUT2D eigenvalue weighted by molar-refractivity contribution is 5.63. The van der Waals surface area contributed by atoms with Crippen molar-refractivity contribution >= 4 is 5.69 Å². The fraction of sp³-hybridized carbons (Fsp3) is 0.222. The summed E-state index contributed by atoms with van der Waals surface area (Å²) in [4.78, 5) is 0. The summed E-state index contributed by atoms with van der Waals surface area (Å²) in [6.45, 7) is 9.46. The molecule has 1 aromatic carbocycles. The van der Waals surface area contributed by atoms with Gasteiger partial charge in [0, 0.05) is 17.5 Å². The van der Waals surface area contributed by atoms with E-state index >= 15 is 0 Å². The Hall–Kier alpha value is -2.29. The molecular formula is C18H23FN2. The molecule has 3 N–H and O–H groups in total. The number of nitrogens with two attached hydrogens (primary N) is 1. The molecule has 21 heavy (non-hydrogen) atoms. The average molecular weight is 286 g/mol. The number of benzene rings is 1. The molecule has 0 aliphatic heterocycles. The lowest BCUT2D eigenvalue weighted by atomic mass is 9.93. The summed E-state index contributed by atoms with van der Waals surface area (Å²) >= 11 is 0. The van der Waals surface area contributed by atoms with Crippen LogP contribution in [0.5, 0.6) is 0 Å². The van der Waals surface area contributed by atoms with Crippen molar-refractivity contribution in [2.75, 3.05) is 5.32 Å². The minimum absolute atomic E-state index is 0.209. The molecule has 0 unspecified atom stereocenters. The summed E-state index contributed by atoms with van der Waals surface area (Å²) in [5.74, 6) is -0.209. The van der Waals surface area contributed by atoms with E-state index in [1.807, 2.05) is 32.1 Å². The lowest BCUT2D eigenvalue weighted by molar-refractivity contribution is 0.619. The highest BCUT2D eigenvalue weighted by Gasteiger charge is 2.13. The molecule has 0 amide bonds. The Labute approximate surface area is 126 Å². The molecular weight excluding hydrogens is 263 g/mol. The third-order valence-electron chi connectivity index (χ3n) is 3.06. The topological polar surface area (TPSA) is 38.0 Å². The highest BCUT2D eigenvalue weighted by atomic mass is 19.1. The Morgan fingerprint density at radius 3 is 2.52 bits per heavy atom. The molecule has 2 rings (SSSR count). The van der Waals surface area contributed by atoms with Gasteiger partial charge in [0.25, 0.3) is 0 Å². The van der Waals surface area contributed by atoms with Gasteiger partial charge in [-0.3, -0.25) is 0 Å². The first-order valence-corrected chi connectivity index (χ1v) is 7.13. The maximum atomic E-state index is 13.2. The van der Waals surface area contributed by atoms with E-state index in [1.54, 1.807) is 19.1 Å². The second-order valence-electron chi connectivity index (χ2n) is 4.43. The van der Waals surface area contributed by atoms with Gasteiger partial charge in [-0.25, -0.2) is 4.39 Å². The molecule has 0 aromatic heterocycles. The van der Waals surface area contributed by atoms with E-state index in [2.05, 4.69) is 11.9 Å². The molecule has 0 heterocycles. The summed E-state index contributed by atoms with van der Waals surface area (Å²) in [7, 11) is 0. The summed E-state index contributed by atoms with van der Waals surface area (Å²) < 4.78 is 13.2. The standard InChI is InChI=1S/C16H17FN2.C2H6/c1-3-4-12-5-7-14(12)16(10-18)19-13-6-8-15(17)11(2)9-13;1-2/h3,5-10,19H,1,4,18H2,2H3;1-2H3/b16-10+;. The molecule has 0 saturated heterocycles. The van der Waals surface area contributed by atoms with Crippen LogP contribution in [0.3, 0.4) is 0 Å². The van der Waals surface area contributed by atoms with Crippen LogP contribution in [-0.4, -0.2) is 0 Å². The van der Waals surface area contributed by atoms with Gasteiger partial charge in [-0.15, -0.1) is 6.58 Å². The number of anilines is 1. The Kier molecular flexibility index (Phi) is 6.47. The molecule has 0 radical (unpaired) electrons. The van der Waals surface area contributed by atoms with Crippen molar-refractivity contribution in [3.8, 4) is 0 Å². The minimum atomic E-state index is -0.209. The van der Waals surface area contributed by atoms with Crippen LogP contribution >= 0.6 is 0 Å². The Morgan fingerprint density at radius 1 is 1.33 bits per heavy atom. The zero-order valence-corrected chi connectivity index (χ0v) is 12.9. The quantitative estimate of drug-likeness (QED) is 0.762. The second kappa shape index (κ2) is 8.10. The van der Waals surface area contributed by atoms with Gasteiger partial charge in [-0.2, -0.15) is 0 Å². The molecule has 112 valence electrons. The number of hydrogen-bond acceptors (Lipinski definition) is 2. The number of hydrogen-bond donors (Lipinski definition) is 2. The van der Waals surface area contributed by atoms with Gasteiger partial charge in [0.2, 0.25) is 0 Å². The molecule has 3 heteroatoms. The predicted molar refractivity (Wildman–Crippen MR) is 89.4 cm³/mol. The van der Waals surface area contributed by atoms with E-state index in [9.17, 15) is 4.39 Å². The first-order valence-electron chi connectivity index (χ1n) is 7.13. The van der Waals surface area contributed by atoms with Crippen LogP contribution in [0.15, 0.2) is 66.0 Å². The van der Waals surface area contributed by atoms with E-state index in [-0.39, 0.29) is 5.82 Å². The molecule has 0 saturated carbocycles. The third kappa shape index (κ3) is 4.09. The van der Waals surface area contributed by atoms with E-state index in [0.29, 0.717) is 5.56 Å². The molecule has 0 atom stereocenters. The summed E-state index contributed by atoms with van der Waals surface area (Å²) in [6.07, 6.45) is 8.24. The number of rotatable bonds is 5. The molecule has 2 nitrogen and oxygen atoms in total.